The highest BCUT2D eigenvalue weighted by atomic mass is 15.2. The molecule has 2 aromatic carbocycles. The van der Waals surface area contributed by atoms with Gasteiger partial charge in [-0.25, -0.2) is 0 Å². The molecule has 0 aliphatic carbocycles. The SMILES string of the molecule is C[C@@H](N)c1ccccc1N1CCc2ccccc21. The fourth-order valence-corrected chi connectivity index (χ4v) is 2.71. The molecule has 1 heterocycles. The summed E-state index contributed by atoms with van der Waals surface area (Å²) in [5, 5.41) is 0. The molecule has 92 valence electrons. The van der Waals surface area contributed by atoms with Crippen molar-refractivity contribution in [3.63, 3.8) is 0 Å². The van der Waals surface area contributed by atoms with Gasteiger partial charge in [0.1, 0.15) is 0 Å². The number of rotatable bonds is 2. The lowest BCUT2D eigenvalue weighted by Gasteiger charge is -2.24. The van der Waals surface area contributed by atoms with Gasteiger partial charge in [0.05, 0.1) is 0 Å². The van der Waals surface area contributed by atoms with E-state index >= 15 is 0 Å². The van der Waals surface area contributed by atoms with E-state index in [1.54, 1.807) is 0 Å². The largest absolute Gasteiger partial charge is 0.341 e. The second-order valence-corrected chi connectivity index (χ2v) is 4.88. The van der Waals surface area contributed by atoms with Crippen LogP contribution < -0.4 is 10.6 Å². The molecule has 2 N–H and O–H groups in total. The molecular formula is C16H18N2. The van der Waals surface area contributed by atoms with Crippen molar-refractivity contribution in [3.05, 3.63) is 59.7 Å². The minimum atomic E-state index is 0.0639. The molecular weight excluding hydrogens is 220 g/mol. The number of hydrogen-bond acceptors (Lipinski definition) is 2. The normalized spacial score (nSPS) is 15.6. The van der Waals surface area contributed by atoms with Crippen LogP contribution in [0.15, 0.2) is 48.5 Å². The van der Waals surface area contributed by atoms with E-state index in [-0.39, 0.29) is 6.04 Å². The Morgan fingerprint density at radius 2 is 1.67 bits per heavy atom. The summed E-state index contributed by atoms with van der Waals surface area (Å²) in [5.41, 5.74) is 11.3. The maximum absolute atomic E-state index is 6.08. The average Bonchev–Trinajstić information content (AvgIpc) is 2.82. The summed E-state index contributed by atoms with van der Waals surface area (Å²) in [4.78, 5) is 2.38. The Bertz CT molecular complexity index is 561. The van der Waals surface area contributed by atoms with Gasteiger partial charge in [-0.2, -0.15) is 0 Å². The minimum Gasteiger partial charge on any atom is -0.341 e. The van der Waals surface area contributed by atoms with Gasteiger partial charge in [0, 0.05) is 24.0 Å². The lowest BCUT2D eigenvalue weighted by Crippen LogP contribution is -2.17. The second kappa shape index (κ2) is 4.46. The second-order valence-electron chi connectivity index (χ2n) is 4.88. The molecule has 0 amide bonds. The fourth-order valence-electron chi connectivity index (χ4n) is 2.71. The summed E-state index contributed by atoms with van der Waals surface area (Å²) >= 11 is 0. The summed E-state index contributed by atoms with van der Waals surface area (Å²) in [7, 11) is 0. The molecule has 2 aromatic rings. The number of fused-ring (bicyclic) bond motifs is 1. The van der Waals surface area contributed by atoms with Gasteiger partial charge < -0.3 is 10.6 Å². The zero-order valence-electron chi connectivity index (χ0n) is 10.6. The highest BCUT2D eigenvalue weighted by molar-refractivity contribution is 5.72. The van der Waals surface area contributed by atoms with Gasteiger partial charge >= 0.3 is 0 Å². The zero-order chi connectivity index (χ0) is 12.5. The lowest BCUT2D eigenvalue weighted by molar-refractivity contribution is 0.811. The topological polar surface area (TPSA) is 29.3 Å². The third kappa shape index (κ3) is 1.79. The minimum absolute atomic E-state index is 0.0639. The van der Waals surface area contributed by atoms with Crippen LogP contribution in [-0.4, -0.2) is 6.54 Å². The summed E-state index contributed by atoms with van der Waals surface area (Å²) < 4.78 is 0. The zero-order valence-corrected chi connectivity index (χ0v) is 10.6. The highest BCUT2D eigenvalue weighted by Gasteiger charge is 2.22. The molecule has 0 aromatic heterocycles. The smallest absolute Gasteiger partial charge is 0.0459 e. The van der Waals surface area contributed by atoms with Gasteiger partial charge in [0.15, 0.2) is 0 Å². The first-order valence-corrected chi connectivity index (χ1v) is 6.47. The molecule has 0 bridgehead atoms. The number of nitrogens with two attached hydrogens (primary N) is 1. The van der Waals surface area contributed by atoms with Crippen LogP contribution in [0.2, 0.25) is 0 Å². The summed E-state index contributed by atoms with van der Waals surface area (Å²) in [6, 6.07) is 17.1. The summed E-state index contributed by atoms with van der Waals surface area (Å²) in [5.74, 6) is 0. The Morgan fingerprint density at radius 1 is 1.00 bits per heavy atom. The Labute approximate surface area is 108 Å². The van der Waals surface area contributed by atoms with Crippen LogP contribution in [0.4, 0.5) is 11.4 Å². The van der Waals surface area contributed by atoms with Crippen LogP contribution in [0.3, 0.4) is 0 Å². The van der Waals surface area contributed by atoms with Crippen molar-refractivity contribution >= 4 is 11.4 Å². The van der Waals surface area contributed by atoms with Crippen molar-refractivity contribution in [1.82, 2.24) is 0 Å². The van der Waals surface area contributed by atoms with Crippen molar-refractivity contribution in [3.8, 4) is 0 Å². The molecule has 1 aliphatic rings. The fraction of sp³-hybridized carbons (Fsp3) is 0.250. The molecule has 0 saturated heterocycles. The van der Waals surface area contributed by atoms with E-state index < -0.39 is 0 Å². The lowest BCUT2D eigenvalue weighted by atomic mass is 10.1. The van der Waals surface area contributed by atoms with Crippen molar-refractivity contribution in [2.45, 2.75) is 19.4 Å². The van der Waals surface area contributed by atoms with Crippen LogP contribution in [0, 0.1) is 0 Å². The summed E-state index contributed by atoms with van der Waals surface area (Å²) in [6.45, 7) is 3.09. The van der Waals surface area contributed by atoms with Crippen LogP contribution in [0.5, 0.6) is 0 Å². The Morgan fingerprint density at radius 3 is 2.44 bits per heavy atom. The van der Waals surface area contributed by atoms with Gasteiger partial charge in [-0.3, -0.25) is 0 Å². The van der Waals surface area contributed by atoms with E-state index in [4.69, 9.17) is 5.73 Å². The van der Waals surface area contributed by atoms with E-state index in [0.29, 0.717) is 0 Å². The Hall–Kier alpha value is -1.80. The first-order valence-electron chi connectivity index (χ1n) is 6.47. The maximum atomic E-state index is 6.08. The van der Waals surface area contributed by atoms with Crippen LogP contribution in [-0.2, 0) is 6.42 Å². The molecule has 3 rings (SSSR count). The monoisotopic (exact) mass is 238 g/mol. The average molecular weight is 238 g/mol. The van der Waals surface area contributed by atoms with Crippen LogP contribution >= 0.6 is 0 Å². The van der Waals surface area contributed by atoms with Crippen molar-refractivity contribution < 1.29 is 0 Å². The van der Waals surface area contributed by atoms with Gasteiger partial charge in [-0.15, -0.1) is 0 Å². The number of hydrogen-bond donors (Lipinski definition) is 1. The molecule has 0 fully saturated rings. The van der Waals surface area contributed by atoms with Crippen molar-refractivity contribution in [2.75, 3.05) is 11.4 Å². The van der Waals surface area contributed by atoms with Gasteiger partial charge in [-0.1, -0.05) is 36.4 Å². The molecule has 1 aliphatic heterocycles. The standard InChI is InChI=1S/C16H18N2/c1-12(17)14-7-3-5-9-16(14)18-11-10-13-6-2-4-8-15(13)18/h2-9,12H,10-11,17H2,1H3/t12-/m1/s1. The van der Waals surface area contributed by atoms with E-state index in [1.165, 1.54) is 22.5 Å². The molecule has 0 spiro atoms. The Kier molecular flexibility index (Phi) is 2.80. The van der Waals surface area contributed by atoms with E-state index in [0.717, 1.165) is 13.0 Å². The summed E-state index contributed by atoms with van der Waals surface area (Å²) in [6.07, 6.45) is 1.11. The Balaban J connectivity index is 2.08. The van der Waals surface area contributed by atoms with E-state index in [9.17, 15) is 0 Å². The molecule has 2 heteroatoms. The number of para-hydroxylation sites is 2. The maximum Gasteiger partial charge on any atom is 0.0459 e. The van der Waals surface area contributed by atoms with Crippen molar-refractivity contribution in [1.29, 1.82) is 0 Å². The molecule has 0 saturated carbocycles. The molecule has 2 nitrogen and oxygen atoms in total. The molecule has 0 unspecified atom stereocenters. The first kappa shape index (κ1) is 11.3. The predicted octanol–water partition coefficient (Wildman–Crippen LogP) is 3.40. The highest BCUT2D eigenvalue weighted by Crippen LogP contribution is 2.37. The van der Waals surface area contributed by atoms with E-state index in [1.807, 2.05) is 6.92 Å². The third-order valence-corrected chi connectivity index (χ3v) is 3.61. The van der Waals surface area contributed by atoms with Crippen LogP contribution in [0.1, 0.15) is 24.1 Å². The van der Waals surface area contributed by atoms with Gasteiger partial charge in [-0.05, 0) is 36.6 Å². The quantitative estimate of drug-likeness (QED) is 0.868. The van der Waals surface area contributed by atoms with Gasteiger partial charge in [0.25, 0.3) is 0 Å². The van der Waals surface area contributed by atoms with E-state index in [2.05, 4.69) is 53.4 Å². The number of nitrogens with zero attached hydrogens (tertiary/aromatic N) is 1. The third-order valence-electron chi connectivity index (χ3n) is 3.61. The predicted molar refractivity (Wildman–Crippen MR) is 76.2 cm³/mol. The first-order chi connectivity index (χ1) is 8.77. The van der Waals surface area contributed by atoms with Crippen LogP contribution in [0.25, 0.3) is 0 Å². The number of anilines is 2. The molecule has 18 heavy (non-hydrogen) atoms. The number of benzene rings is 2. The molecule has 1 atom stereocenters. The van der Waals surface area contributed by atoms with Crippen molar-refractivity contribution in [2.24, 2.45) is 5.73 Å². The van der Waals surface area contributed by atoms with Gasteiger partial charge in [0.2, 0.25) is 0 Å². The molecule has 0 radical (unpaired) electrons.